The molecule has 0 saturated carbocycles. The van der Waals surface area contributed by atoms with Crippen molar-refractivity contribution in [2.75, 3.05) is 12.8 Å². The van der Waals surface area contributed by atoms with Crippen LogP contribution in [0.4, 0.5) is 14.5 Å². The monoisotopic (exact) mass is 287 g/mol. The average Bonchev–Trinajstić information content (AvgIpc) is 2.46. The van der Waals surface area contributed by atoms with Crippen molar-refractivity contribution >= 4 is 11.7 Å². The molecule has 0 spiro atoms. The van der Waals surface area contributed by atoms with Gasteiger partial charge in [-0.15, -0.1) is 0 Å². The zero-order valence-corrected chi connectivity index (χ0v) is 11.1. The van der Waals surface area contributed by atoms with Crippen LogP contribution in [0, 0.1) is 23.5 Å². The number of nitrogens with two attached hydrogens (primary N) is 1. The second kappa shape index (κ2) is 6.06. The molecule has 5 heteroatoms. The molecule has 0 aliphatic heterocycles. The molecule has 21 heavy (non-hydrogen) atoms. The second-order valence-electron chi connectivity index (χ2n) is 4.17. The average molecular weight is 287 g/mol. The van der Waals surface area contributed by atoms with E-state index in [1.165, 1.54) is 31.4 Å². The standard InChI is InChI=1S/C16H11F2NO2/c1-21-16(20)14-8-12(18)9-15(19)13(14)7-4-10-2-5-11(17)6-3-10/h2-3,5-6,8-9H,19H2,1H3. The summed E-state index contributed by atoms with van der Waals surface area (Å²) in [4.78, 5) is 11.6. The molecular formula is C16H11F2NO2. The SMILES string of the molecule is COC(=O)c1cc(F)cc(N)c1C#Cc1ccc(F)cc1. The lowest BCUT2D eigenvalue weighted by atomic mass is 10.0. The van der Waals surface area contributed by atoms with E-state index in [9.17, 15) is 13.6 Å². The molecule has 2 N–H and O–H groups in total. The first-order valence-corrected chi connectivity index (χ1v) is 5.96. The third-order valence-electron chi connectivity index (χ3n) is 2.71. The van der Waals surface area contributed by atoms with E-state index in [4.69, 9.17) is 5.73 Å². The lowest BCUT2D eigenvalue weighted by Gasteiger charge is -2.06. The van der Waals surface area contributed by atoms with Crippen LogP contribution >= 0.6 is 0 Å². The Balaban J connectivity index is 2.49. The smallest absolute Gasteiger partial charge is 0.339 e. The van der Waals surface area contributed by atoms with Crippen LogP contribution in [0.1, 0.15) is 21.5 Å². The molecule has 0 fully saturated rings. The molecule has 0 heterocycles. The first kappa shape index (κ1) is 14.5. The number of anilines is 1. The Morgan fingerprint density at radius 3 is 2.38 bits per heavy atom. The summed E-state index contributed by atoms with van der Waals surface area (Å²) >= 11 is 0. The van der Waals surface area contributed by atoms with E-state index in [0.29, 0.717) is 5.56 Å². The van der Waals surface area contributed by atoms with Crippen molar-refractivity contribution in [2.45, 2.75) is 0 Å². The number of benzene rings is 2. The van der Waals surface area contributed by atoms with Crippen LogP contribution in [0.15, 0.2) is 36.4 Å². The molecule has 106 valence electrons. The molecule has 0 aliphatic carbocycles. The Morgan fingerprint density at radius 2 is 1.76 bits per heavy atom. The van der Waals surface area contributed by atoms with Crippen LogP contribution in [0.25, 0.3) is 0 Å². The maximum Gasteiger partial charge on any atom is 0.339 e. The summed E-state index contributed by atoms with van der Waals surface area (Å²) in [6.45, 7) is 0. The summed E-state index contributed by atoms with van der Waals surface area (Å²) < 4.78 is 30.7. The number of halogens is 2. The van der Waals surface area contributed by atoms with E-state index in [1.54, 1.807) is 0 Å². The molecule has 0 radical (unpaired) electrons. The number of esters is 1. The van der Waals surface area contributed by atoms with Gasteiger partial charge >= 0.3 is 5.97 Å². The Labute approximate surface area is 120 Å². The van der Waals surface area contributed by atoms with Gasteiger partial charge in [0.2, 0.25) is 0 Å². The number of nitrogen functional groups attached to an aromatic ring is 1. The molecule has 0 atom stereocenters. The molecule has 0 unspecified atom stereocenters. The molecule has 0 saturated heterocycles. The summed E-state index contributed by atoms with van der Waals surface area (Å²) in [5.74, 6) is 3.67. The Kier molecular flexibility index (Phi) is 4.19. The molecule has 0 amide bonds. The maximum absolute atomic E-state index is 13.3. The van der Waals surface area contributed by atoms with E-state index in [2.05, 4.69) is 16.6 Å². The van der Waals surface area contributed by atoms with Gasteiger partial charge in [0.1, 0.15) is 11.6 Å². The van der Waals surface area contributed by atoms with Gasteiger partial charge in [0.25, 0.3) is 0 Å². The number of carbonyl (C=O) groups excluding carboxylic acids is 1. The van der Waals surface area contributed by atoms with Crippen molar-refractivity contribution < 1.29 is 18.3 Å². The van der Waals surface area contributed by atoms with Crippen LogP contribution < -0.4 is 5.73 Å². The van der Waals surface area contributed by atoms with Gasteiger partial charge < -0.3 is 10.5 Å². The van der Waals surface area contributed by atoms with Crippen LogP contribution in [0.5, 0.6) is 0 Å². The van der Waals surface area contributed by atoms with Crippen LogP contribution in [-0.4, -0.2) is 13.1 Å². The van der Waals surface area contributed by atoms with Crippen LogP contribution in [0.3, 0.4) is 0 Å². The third-order valence-corrected chi connectivity index (χ3v) is 2.71. The summed E-state index contributed by atoms with van der Waals surface area (Å²) in [5.41, 5.74) is 6.39. The van der Waals surface area contributed by atoms with Crippen molar-refractivity contribution in [2.24, 2.45) is 0 Å². The van der Waals surface area contributed by atoms with E-state index in [0.717, 1.165) is 12.1 Å². The first-order valence-electron chi connectivity index (χ1n) is 5.96. The van der Waals surface area contributed by atoms with Gasteiger partial charge in [0.05, 0.1) is 23.9 Å². The van der Waals surface area contributed by atoms with Crippen molar-refractivity contribution in [1.82, 2.24) is 0 Å². The van der Waals surface area contributed by atoms with Gasteiger partial charge in [-0.2, -0.15) is 0 Å². The highest BCUT2D eigenvalue weighted by Crippen LogP contribution is 2.19. The molecule has 0 aliphatic rings. The van der Waals surface area contributed by atoms with Crippen molar-refractivity contribution in [3.63, 3.8) is 0 Å². The maximum atomic E-state index is 13.3. The summed E-state index contributed by atoms with van der Waals surface area (Å²) in [7, 11) is 1.18. The molecule has 0 bridgehead atoms. The number of ether oxygens (including phenoxy) is 1. The Hall–Kier alpha value is -2.87. The normalized spacial score (nSPS) is 9.67. The van der Waals surface area contributed by atoms with E-state index in [1.807, 2.05) is 0 Å². The highest BCUT2D eigenvalue weighted by Gasteiger charge is 2.15. The fraction of sp³-hybridized carbons (Fsp3) is 0.0625. The number of methoxy groups -OCH3 is 1. The van der Waals surface area contributed by atoms with Crippen molar-refractivity contribution in [3.05, 3.63) is 64.7 Å². The van der Waals surface area contributed by atoms with Gasteiger partial charge in [-0.3, -0.25) is 0 Å². The number of rotatable bonds is 1. The predicted molar refractivity (Wildman–Crippen MR) is 74.5 cm³/mol. The van der Waals surface area contributed by atoms with Crippen LogP contribution in [-0.2, 0) is 4.74 Å². The summed E-state index contributed by atoms with van der Waals surface area (Å²) in [5, 5.41) is 0. The van der Waals surface area contributed by atoms with Gasteiger partial charge in [0.15, 0.2) is 0 Å². The largest absolute Gasteiger partial charge is 0.465 e. The van der Waals surface area contributed by atoms with Gasteiger partial charge in [-0.1, -0.05) is 11.8 Å². The zero-order valence-electron chi connectivity index (χ0n) is 11.1. The van der Waals surface area contributed by atoms with Gasteiger partial charge in [0, 0.05) is 5.56 Å². The quantitative estimate of drug-likeness (QED) is 0.498. The molecule has 0 aromatic heterocycles. The molecule has 3 nitrogen and oxygen atoms in total. The van der Waals surface area contributed by atoms with E-state index in [-0.39, 0.29) is 22.6 Å². The third kappa shape index (κ3) is 3.37. The number of hydrogen-bond acceptors (Lipinski definition) is 3. The van der Waals surface area contributed by atoms with Crippen molar-refractivity contribution in [1.29, 1.82) is 0 Å². The van der Waals surface area contributed by atoms with Gasteiger partial charge in [-0.25, -0.2) is 13.6 Å². The highest BCUT2D eigenvalue weighted by atomic mass is 19.1. The molecule has 2 aromatic carbocycles. The fourth-order valence-corrected chi connectivity index (χ4v) is 1.71. The fourth-order valence-electron chi connectivity index (χ4n) is 1.71. The van der Waals surface area contributed by atoms with E-state index < -0.39 is 11.8 Å². The molecule has 2 rings (SSSR count). The first-order chi connectivity index (χ1) is 10.0. The van der Waals surface area contributed by atoms with Gasteiger partial charge in [-0.05, 0) is 36.4 Å². The minimum atomic E-state index is -0.732. The van der Waals surface area contributed by atoms with E-state index >= 15 is 0 Å². The molecular weight excluding hydrogens is 276 g/mol. The summed E-state index contributed by atoms with van der Waals surface area (Å²) in [6, 6.07) is 7.58. The topological polar surface area (TPSA) is 52.3 Å². The van der Waals surface area contributed by atoms with Crippen LogP contribution in [0.2, 0.25) is 0 Å². The minimum Gasteiger partial charge on any atom is -0.465 e. The lowest BCUT2D eigenvalue weighted by molar-refractivity contribution is 0.0600. The Bertz CT molecular complexity index is 743. The predicted octanol–water partition coefficient (Wildman–Crippen LogP) is 2.73. The molecule has 2 aromatic rings. The minimum absolute atomic E-state index is 0.0324. The van der Waals surface area contributed by atoms with Crippen molar-refractivity contribution in [3.8, 4) is 11.8 Å². The number of carbonyl (C=O) groups is 1. The number of hydrogen-bond donors (Lipinski definition) is 1. The Morgan fingerprint density at radius 1 is 1.10 bits per heavy atom. The summed E-state index contributed by atoms with van der Waals surface area (Å²) in [6.07, 6.45) is 0. The zero-order chi connectivity index (χ0) is 15.4. The lowest BCUT2D eigenvalue weighted by Crippen LogP contribution is -2.07. The highest BCUT2D eigenvalue weighted by molar-refractivity contribution is 5.94. The second-order valence-corrected chi connectivity index (χ2v) is 4.17.